The zero-order chi connectivity index (χ0) is 26.4. The highest BCUT2D eigenvalue weighted by atomic mass is 15.1. The molecule has 0 aromatic heterocycles. The quantitative estimate of drug-likeness (QED) is 0.610. The SMILES string of the molecule is CN(C)c1cccc(C#CC#CC#CC#CC#CC#CC#CC#CC#CC#Cc2cccc(C#N)c2)c1. The van der Waals surface area contributed by atoms with E-state index in [1.165, 1.54) is 0 Å². The van der Waals surface area contributed by atoms with E-state index < -0.39 is 0 Å². The molecule has 0 N–H and O–H groups in total. The Kier molecular flexibility index (Phi) is 12.1. The van der Waals surface area contributed by atoms with E-state index in [-0.39, 0.29) is 0 Å². The molecule has 2 aromatic carbocycles. The molecule has 0 heterocycles. The maximum Gasteiger partial charge on any atom is 0.0992 e. The number of nitrogens with zero attached hydrogens (tertiary/aromatic N) is 2. The van der Waals surface area contributed by atoms with E-state index in [4.69, 9.17) is 5.26 Å². The van der Waals surface area contributed by atoms with Gasteiger partial charge in [0.1, 0.15) is 0 Å². The first-order valence-electron chi connectivity index (χ1n) is 10.5. The van der Waals surface area contributed by atoms with Crippen molar-refractivity contribution in [3.05, 3.63) is 65.2 Å². The molecule has 0 saturated heterocycles. The summed E-state index contributed by atoms with van der Waals surface area (Å²) in [4.78, 5) is 2.01. The number of hydrogen-bond acceptors (Lipinski definition) is 2. The molecule has 0 fully saturated rings. The van der Waals surface area contributed by atoms with Gasteiger partial charge < -0.3 is 4.90 Å². The van der Waals surface area contributed by atoms with Gasteiger partial charge in [0, 0.05) is 42.8 Å². The van der Waals surface area contributed by atoms with Gasteiger partial charge in [0.15, 0.2) is 0 Å². The van der Waals surface area contributed by atoms with E-state index in [1.807, 2.05) is 43.3 Å². The third-order valence-electron chi connectivity index (χ3n) is 3.83. The first-order valence-corrected chi connectivity index (χ1v) is 10.5. The van der Waals surface area contributed by atoms with E-state index in [1.54, 1.807) is 24.3 Å². The number of rotatable bonds is 1. The number of anilines is 1. The fourth-order valence-corrected chi connectivity index (χ4v) is 2.24. The molecule has 2 heteroatoms. The van der Waals surface area contributed by atoms with Gasteiger partial charge >= 0.3 is 0 Å². The lowest BCUT2D eigenvalue weighted by atomic mass is 10.1. The number of hydrogen-bond donors (Lipinski definition) is 0. The molecule has 0 aliphatic heterocycles. The molecule has 2 aromatic rings. The molecule has 164 valence electrons. The van der Waals surface area contributed by atoms with Crippen molar-refractivity contribution in [2.45, 2.75) is 0 Å². The Bertz CT molecular complexity index is 1860. The summed E-state index contributed by atoms with van der Waals surface area (Å²) in [6.07, 6.45) is 0. The molecule has 0 unspecified atom stereocenters. The van der Waals surface area contributed by atoms with Gasteiger partial charge in [0.2, 0.25) is 0 Å². The molecular formula is C35H14N2. The summed E-state index contributed by atoms with van der Waals surface area (Å²) in [6, 6.07) is 16.9. The van der Waals surface area contributed by atoms with Crippen LogP contribution in [0.25, 0.3) is 0 Å². The Morgan fingerprint density at radius 1 is 0.459 bits per heavy atom. The van der Waals surface area contributed by atoms with Gasteiger partial charge in [0.25, 0.3) is 0 Å². The average Bonchev–Trinajstić information content (AvgIpc) is 2.92. The van der Waals surface area contributed by atoms with E-state index in [0.29, 0.717) is 11.1 Å². The molecule has 0 bridgehead atoms. The summed E-state index contributed by atoms with van der Waals surface area (Å²) in [5.74, 6) is 52.3. The third-order valence-corrected chi connectivity index (χ3v) is 3.83. The zero-order valence-corrected chi connectivity index (χ0v) is 20.0. The van der Waals surface area contributed by atoms with Crippen LogP contribution in [0.15, 0.2) is 48.5 Å². The van der Waals surface area contributed by atoms with Gasteiger partial charge in [-0.1, -0.05) is 24.0 Å². The number of nitriles is 1. The molecule has 0 spiro atoms. The molecule has 0 aliphatic carbocycles. The zero-order valence-electron chi connectivity index (χ0n) is 20.0. The summed E-state index contributed by atoms with van der Waals surface area (Å²) in [6.45, 7) is 0. The van der Waals surface area contributed by atoms with E-state index in [9.17, 15) is 0 Å². The van der Waals surface area contributed by atoms with Gasteiger partial charge in [-0.15, -0.1) is 0 Å². The largest absolute Gasteiger partial charge is 0.378 e. The van der Waals surface area contributed by atoms with Crippen molar-refractivity contribution < 1.29 is 0 Å². The minimum absolute atomic E-state index is 0.548. The lowest BCUT2D eigenvalue weighted by Gasteiger charge is -2.11. The van der Waals surface area contributed by atoms with Gasteiger partial charge in [-0.05, 0) is 131 Å². The van der Waals surface area contributed by atoms with Crippen molar-refractivity contribution in [3.8, 4) is 124 Å². The Labute approximate surface area is 219 Å². The standard InChI is InChI=1S/C35H14N2/c1-37(2)35-28-22-26-33(30-35)24-20-18-16-14-12-10-8-6-4-3-5-7-9-11-13-15-17-19-23-32-25-21-27-34(29-32)31-36/h21-22,25-30H,1-2H3. The van der Waals surface area contributed by atoms with E-state index in [0.717, 1.165) is 11.3 Å². The minimum atomic E-state index is 0.548. The molecular weight excluding hydrogens is 448 g/mol. The predicted octanol–water partition coefficient (Wildman–Crippen LogP) is 3.05. The summed E-state index contributed by atoms with van der Waals surface area (Å²) >= 11 is 0. The van der Waals surface area contributed by atoms with E-state index in [2.05, 4.69) is 124 Å². The van der Waals surface area contributed by atoms with E-state index >= 15 is 0 Å². The fraction of sp³-hybridized carbons (Fsp3) is 0.0571. The van der Waals surface area contributed by atoms with Crippen LogP contribution >= 0.6 is 0 Å². The minimum Gasteiger partial charge on any atom is -0.378 e. The first-order chi connectivity index (χ1) is 18.2. The summed E-state index contributed by atoms with van der Waals surface area (Å²) in [5.41, 5.74) is 3.22. The smallest absolute Gasteiger partial charge is 0.0992 e. The van der Waals surface area contributed by atoms with Crippen LogP contribution in [0.1, 0.15) is 16.7 Å². The predicted molar refractivity (Wildman–Crippen MR) is 148 cm³/mol. The maximum atomic E-state index is 8.84. The van der Waals surface area contributed by atoms with Crippen LogP contribution in [0, 0.1) is 130 Å². The Morgan fingerprint density at radius 2 is 0.811 bits per heavy atom. The molecule has 2 rings (SSSR count). The van der Waals surface area contributed by atoms with Crippen molar-refractivity contribution in [1.29, 1.82) is 5.26 Å². The highest BCUT2D eigenvalue weighted by Gasteiger charge is 1.94. The first kappa shape index (κ1) is 26.6. The fourth-order valence-electron chi connectivity index (χ4n) is 2.24. The van der Waals surface area contributed by atoms with Crippen LogP contribution in [0.2, 0.25) is 0 Å². The van der Waals surface area contributed by atoms with Crippen molar-refractivity contribution in [1.82, 2.24) is 0 Å². The van der Waals surface area contributed by atoms with Gasteiger partial charge in [-0.3, -0.25) is 0 Å². The monoisotopic (exact) mass is 462 g/mol. The topological polar surface area (TPSA) is 27.0 Å². The van der Waals surface area contributed by atoms with Crippen LogP contribution in [-0.4, -0.2) is 14.1 Å². The van der Waals surface area contributed by atoms with Crippen molar-refractivity contribution in [2.75, 3.05) is 19.0 Å². The molecule has 0 saturated carbocycles. The third kappa shape index (κ3) is 12.2. The highest BCUT2D eigenvalue weighted by Crippen LogP contribution is 2.12. The second kappa shape index (κ2) is 16.9. The second-order valence-corrected chi connectivity index (χ2v) is 6.64. The molecule has 0 atom stereocenters. The number of benzene rings is 2. The molecule has 37 heavy (non-hydrogen) atoms. The van der Waals surface area contributed by atoms with Gasteiger partial charge in [0.05, 0.1) is 11.6 Å². The molecule has 0 aliphatic rings. The summed E-state index contributed by atoms with van der Waals surface area (Å²) in [7, 11) is 3.95. The van der Waals surface area contributed by atoms with Crippen molar-refractivity contribution in [3.63, 3.8) is 0 Å². The van der Waals surface area contributed by atoms with Crippen LogP contribution in [0.4, 0.5) is 5.69 Å². The van der Waals surface area contributed by atoms with Gasteiger partial charge in [-0.2, -0.15) is 5.26 Å². The maximum absolute atomic E-state index is 8.84. The van der Waals surface area contributed by atoms with Crippen LogP contribution in [0.3, 0.4) is 0 Å². The molecule has 0 radical (unpaired) electrons. The normalized spacial score (nSPS) is 6.62. The summed E-state index contributed by atoms with van der Waals surface area (Å²) < 4.78 is 0. The van der Waals surface area contributed by atoms with Crippen molar-refractivity contribution in [2.24, 2.45) is 0 Å². The lowest BCUT2D eigenvalue weighted by Crippen LogP contribution is -2.08. The Morgan fingerprint density at radius 3 is 1.22 bits per heavy atom. The Balaban J connectivity index is 1.78. The highest BCUT2D eigenvalue weighted by molar-refractivity contribution is 5.53. The van der Waals surface area contributed by atoms with Crippen LogP contribution in [0.5, 0.6) is 0 Å². The molecule has 0 amide bonds. The second-order valence-electron chi connectivity index (χ2n) is 6.64. The van der Waals surface area contributed by atoms with Crippen LogP contribution in [-0.2, 0) is 0 Å². The Hall–Kier alpha value is -6.67. The lowest BCUT2D eigenvalue weighted by molar-refractivity contribution is 1.13. The van der Waals surface area contributed by atoms with Crippen LogP contribution < -0.4 is 4.90 Å². The molecule has 2 nitrogen and oxygen atoms in total. The van der Waals surface area contributed by atoms with Gasteiger partial charge in [-0.25, -0.2) is 0 Å². The summed E-state index contributed by atoms with van der Waals surface area (Å²) in [5, 5.41) is 8.84. The average molecular weight is 463 g/mol. The van der Waals surface area contributed by atoms with Crippen molar-refractivity contribution >= 4 is 5.69 Å².